The van der Waals surface area contributed by atoms with Crippen molar-refractivity contribution in [3.63, 3.8) is 0 Å². The fraction of sp³-hybridized carbons (Fsp3) is 0.211. The number of benzene rings is 2. The topological polar surface area (TPSA) is 57.0 Å². The Balaban J connectivity index is 1.63. The van der Waals surface area contributed by atoms with Gasteiger partial charge >= 0.3 is 5.97 Å². The Morgan fingerprint density at radius 1 is 1.12 bits per heavy atom. The monoisotopic (exact) mass is 431 g/mol. The van der Waals surface area contributed by atoms with E-state index in [4.69, 9.17) is 4.74 Å². The van der Waals surface area contributed by atoms with Crippen molar-refractivity contribution in [3.05, 3.63) is 64.6 Å². The summed E-state index contributed by atoms with van der Waals surface area (Å²) in [6, 6.07) is 17.5. The van der Waals surface area contributed by atoms with E-state index in [1.165, 1.54) is 11.8 Å². The van der Waals surface area contributed by atoms with Crippen LogP contribution >= 0.6 is 27.7 Å². The molecule has 0 amide bonds. The van der Waals surface area contributed by atoms with Gasteiger partial charge in [-0.05, 0) is 18.6 Å². The minimum Gasteiger partial charge on any atom is -0.460 e. The summed E-state index contributed by atoms with van der Waals surface area (Å²) >= 11 is 4.88. The van der Waals surface area contributed by atoms with E-state index in [1.54, 1.807) is 0 Å². The van der Waals surface area contributed by atoms with Gasteiger partial charge in [0.2, 0.25) is 0 Å². The van der Waals surface area contributed by atoms with Crippen LogP contribution in [-0.2, 0) is 22.7 Å². The average molecular weight is 432 g/mol. The van der Waals surface area contributed by atoms with Crippen molar-refractivity contribution in [1.82, 2.24) is 14.8 Å². The molecule has 0 saturated carbocycles. The first-order valence-corrected chi connectivity index (χ1v) is 9.97. The van der Waals surface area contributed by atoms with E-state index >= 15 is 0 Å². The molecule has 3 aromatic rings. The van der Waals surface area contributed by atoms with Gasteiger partial charge in [0.1, 0.15) is 6.61 Å². The highest BCUT2D eigenvalue weighted by Crippen LogP contribution is 2.29. The number of rotatable bonds is 7. The molecule has 134 valence electrons. The Hall–Kier alpha value is -2.12. The highest BCUT2D eigenvalue weighted by molar-refractivity contribution is 9.10. The lowest BCUT2D eigenvalue weighted by molar-refractivity contribution is -0.141. The Labute approximate surface area is 164 Å². The predicted molar refractivity (Wildman–Crippen MR) is 106 cm³/mol. The van der Waals surface area contributed by atoms with Gasteiger partial charge in [-0.3, -0.25) is 4.79 Å². The summed E-state index contributed by atoms with van der Waals surface area (Å²) in [4.78, 5) is 12.0. The number of thioether (sulfide) groups is 1. The number of esters is 1. The first-order valence-electron chi connectivity index (χ1n) is 8.19. The molecule has 26 heavy (non-hydrogen) atoms. The molecule has 1 heterocycles. The van der Waals surface area contributed by atoms with Crippen molar-refractivity contribution in [1.29, 1.82) is 0 Å². The number of hydrogen-bond donors (Lipinski definition) is 0. The molecule has 3 rings (SSSR count). The zero-order valence-electron chi connectivity index (χ0n) is 14.3. The van der Waals surface area contributed by atoms with Crippen molar-refractivity contribution in [2.45, 2.75) is 25.2 Å². The van der Waals surface area contributed by atoms with Gasteiger partial charge in [0, 0.05) is 16.6 Å². The lowest BCUT2D eigenvalue weighted by Gasteiger charge is -2.08. The molecular weight excluding hydrogens is 414 g/mol. The third-order valence-electron chi connectivity index (χ3n) is 3.71. The lowest BCUT2D eigenvalue weighted by atomic mass is 10.2. The Morgan fingerprint density at radius 2 is 1.85 bits per heavy atom. The summed E-state index contributed by atoms with van der Waals surface area (Å²) < 4.78 is 8.26. The Morgan fingerprint density at radius 3 is 2.58 bits per heavy atom. The molecule has 0 fully saturated rings. The molecule has 0 radical (unpaired) electrons. The molecule has 0 aliphatic carbocycles. The van der Waals surface area contributed by atoms with E-state index in [2.05, 4.69) is 26.1 Å². The normalized spacial score (nSPS) is 10.7. The predicted octanol–water partition coefficient (Wildman–Crippen LogP) is 4.56. The minimum atomic E-state index is -0.271. The maximum Gasteiger partial charge on any atom is 0.316 e. The second-order valence-corrected chi connectivity index (χ2v) is 7.26. The van der Waals surface area contributed by atoms with E-state index in [0.29, 0.717) is 11.7 Å². The molecule has 0 spiro atoms. The SMILES string of the molecule is CCn1c(SCC(=O)OCc2ccccc2)nnc1-c1ccccc1Br. The van der Waals surface area contributed by atoms with E-state index in [1.807, 2.05) is 66.1 Å². The molecule has 0 aliphatic rings. The van der Waals surface area contributed by atoms with Gasteiger partial charge in [0.15, 0.2) is 11.0 Å². The summed E-state index contributed by atoms with van der Waals surface area (Å²) in [5, 5.41) is 9.25. The van der Waals surface area contributed by atoms with Crippen LogP contribution in [-0.4, -0.2) is 26.5 Å². The molecule has 0 saturated heterocycles. The van der Waals surface area contributed by atoms with E-state index in [0.717, 1.165) is 21.4 Å². The van der Waals surface area contributed by atoms with E-state index < -0.39 is 0 Å². The molecular formula is C19H18BrN3O2S. The number of halogens is 1. The fourth-order valence-electron chi connectivity index (χ4n) is 2.43. The van der Waals surface area contributed by atoms with Gasteiger partial charge in [-0.1, -0.05) is 76.2 Å². The zero-order chi connectivity index (χ0) is 18.4. The largest absolute Gasteiger partial charge is 0.460 e. The van der Waals surface area contributed by atoms with Gasteiger partial charge in [0.05, 0.1) is 5.75 Å². The maximum absolute atomic E-state index is 12.0. The van der Waals surface area contributed by atoms with Crippen LogP contribution in [0.1, 0.15) is 12.5 Å². The minimum absolute atomic E-state index is 0.195. The zero-order valence-corrected chi connectivity index (χ0v) is 16.7. The number of ether oxygens (including phenoxy) is 1. The van der Waals surface area contributed by atoms with Crippen LogP contribution in [0.5, 0.6) is 0 Å². The number of carbonyl (C=O) groups excluding carboxylic acids is 1. The molecule has 0 atom stereocenters. The Kier molecular flexibility index (Phi) is 6.46. The van der Waals surface area contributed by atoms with Crippen LogP contribution in [0.4, 0.5) is 0 Å². The smallest absolute Gasteiger partial charge is 0.316 e. The maximum atomic E-state index is 12.0. The van der Waals surface area contributed by atoms with Crippen molar-refractivity contribution in [2.75, 3.05) is 5.75 Å². The average Bonchev–Trinajstić information content (AvgIpc) is 3.08. The van der Waals surface area contributed by atoms with Crippen LogP contribution in [0, 0.1) is 0 Å². The summed E-state index contributed by atoms with van der Waals surface area (Å²) in [7, 11) is 0. The van der Waals surface area contributed by atoms with Gasteiger partial charge in [-0.15, -0.1) is 10.2 Å². The van der Waals surface area contributed by atoms with Gasteiger partial charge < -0.3 is 9.30 Å². The van der Waals surface area contributed by atoms with E-state index in [-0.39, 0.29) is 18.3 Å². The van der Waals surface area contributed by atoms with Crippen molar-refractivity contribution < 1.29 is 9.53 Å². The molecule has 0 unspecified atom stereocenters. The highest BCUT2D eigenvalue weighted by Gasteiger charge is 2.16. The van der Waals surface area contributed by atoms with Gasteiger partial charge in [0.25, 0.3) is 0 Å². The standard InChI is InChI=1S/C19H18BrN3O2S/c1-2-23-18(15-10-6-7-11-16(15)20)21-22-19(23)26-13-17(24)25-12-14-8-4-3-5-9-14/h3-11H,2,12-13H2,1H3. The van der Waals surface area contributed by atoms with Gasteiger partial charge in [-0.2, -0.15) is 0 Å². The molecule has 0 aliphatic heterocycles. The van der Waals surface area contributed by atoms with Crippen LogP contribution in [0.15, 0.2) is 64.2 Å². The Bertz CT molecular complexity index is 884. The molecule has 7 heteroatoms. The summed E-state index contributed by atoms with van der Waals surface area (Å²) in [5.41, 5.74) is 1.94. The molecule has 0 N–H and O–H groups in total. The summed E-state index contributed by atoms with van der Waals surface area (Å²) in [6.45, 7) is 3.02. The number of hydrogen-bond acceptors (Lipinski definition) is 5. The second kappa shape index (κ2) is 9.00. The third kappa shape index (κ3) is 4.53. The highest BCUT2D eigenvalue weighted by atomic mass is 79.9. The van der Waals surface area contributed by atoms with Crippen LogP contribution < -0.4 is 0 Å². The number of aromatic nitrogens is 3. The number of carbonyl (C=O) groups is 1. The fourth-order valence-corrected chi connectivity index (χ4v) is 3.69. The lowest BCUT2D eigenvalue weighted by Crippen LogP contribution is -2.08. The summed E-state index contributed by atoms with van der Waals surface area (Å²) in [5.74, 6) is 0.702. The number of nitrogens with zero attached hydrogens (tertiary/aromatic N) is 3. The van der Waals surface area contributed by atoms with Crippen molar-refractivity contribution >= 4 is 33.7 Å². The van der Waals surface area contributed by atoms with Gasteiger partial charge in [-0.25, -0.2) is 0 Å². The van der Waals surface area contributed by atoms with E-state index in [9.17, 15) is 4.79 Å². The molecule has 2 aromatic carbocycles. The first-order chi connectivity index (χ1) is 12.7. The molecule has 1 aromatic heterocycles. The quantitative estimate of drug-likeness (QED) is 0.405. The molecule has 0 bridgehead atoms. The van der Waals surface area contributed by atoms with Crippen LogP contribution in [0.2, 0.25) is 0 Å². The second-order valence-electron chi connectivity index (χ2n) is 5.47. The van der Waals surface area contributed by atoms with Crippen LogP contribution in [0.3, 0.4) is 0 Å². The van der Waals surface area contributed by atoms with Crippen LogP contribution in [0.25, 0.3) is 11.4 Å². The third-order valence-corrected chi connectivity index (χ3v) is 5.34. The molecule has 5 nitrogen and oxygen atoms in total. The first kappa shape index (κ1) is 18.7. The van der Waals surface area contributed by atoms with Crippen molar-refractivity contribution in [3.8, 4) is 11.4 Å². The summed E-state index contributed by atoms with van der Waals surface area (Å²) in [6.07, 6.45) is 0. The van der Waals surface area contributed by atoms with Crippen molar-refractivity contribution in [2.24, 2.45) is 0 Å².